The smallest absolute Gasteiger partial charge is 0.264 e. The Kier molecular flexibility index (Phi) is 7.17. The van der Waals surface area contributed by atoms with Gasteiger partial charge in [0, 0.05) is 13.1 Å². The zero-order valence-electron chi connectivity index (χ0n) is 18.3. The fourth-order valence-electron chi connectivity index (χ4n) is 3.96. The molecule has 1 N–H and O–H groups in total. The number of amides is 1. The zero-order chi connectivity index (χ0) is 22.8. The van der Waals surface area contributed by atoms with Gasteiger partial charge >= 0.3 is 0 Å². The van der Waals surface area contributed by atoms with Gasteiger partial charge in [0.25, 0.3) is 15.9 Å². The normalized spacial score (nSPS) is 21.4. The van der Waals surface area contributed by atoms with E-state index in [0.29, 0.717) is 23.3 Å². The molecule has 1 saturated carbocycles. The van der Waals surface area contributed by atoms with Gasteiger partial charge in [-0.1, -0.05) is 38.3 Å². The third-order valence-corrected chi connectivity index (χ3v) is 8.41. The van der Waals surface area contributed by atoms with Gasteiger partial charge in [0.1, 0.15) is 5.75 Å². The highest BCUT2D eigenvalue weighted by Crippen LogP contribution is 2.31. The molecule has 1 fully saturated rings. The van der Waals surface area contributed by atoms with E-state index in [9.17, 15) is 13.2 Å². The van der Waals surface area contributed by atoms with E-state index < -0.39 is 10.0 Å². The zero-order valence-corrected chi connectivity index (χ0v) is 19.8. The summed E-state index contributed by atoms with van der Waals surface area (Å²) >= 11 is 6.27. The number of benzene rings is 2. The summed E-state index contributed by atoms with van der Waals surface area (Å²) in [6, 6.07) is 11.0. The number of hydrogen-bond acceptors (Lipinski definition) is 4. The lowest BCUT2D eigenvalue weighted by Gasteiger charge is -2.34. The minimum absolute atomic E-state index is 0.00503. The summed E-state index contributed by atoms with van der Waals surface area (Å²) in [5.74, 6) is 1.16. The Balaban J connectivity index is 1.85. The van der Waals surface area contributed by atoms with Gasteiger partial charge in [-0.25, -0.2) is 8.42 Å². The van der Waals surface area contributed by atoms with Crippen molar-refractivity contribution >= 4 is 33.2 Å². The molecular formula is C23H29ClN2O4S. The van der Waals surface area contributed by atoms with E-state index >= 15 is 0 Å². The summed E-state index contributed by atoms with van der Waals surface area (Å²) in [5, 5.41) is 3.28. The van der Waals surface area contributed by atoms with Crippen molar-refractivity contribution in [2.45, 2.75) is 44.0 Å². The van der Waals surface area contributed by atoms with Crippen molar-refractivity contribution in [1.29, 1.82) is 0 Å². The Labute approximate surface area is 189 Å². The molecule has 3 unspecified atom stereocenters. The molecule has 3 atom stereocenters. The predicted octanol–water partition coefficient (Wildman–Crippen LogP) is 4.73. The molecule has 0 saturated heterocycles. The van der Waals surface area contributed by atoms with E-state index in [0.717, 1.165) is 19.3 Å². The summed E-state index contributed by atoms with van der Waals surface area (Å²) in [7, 11) is -0.868. The molecule has 1 aliphatic rings. The molecule has 0 aliphatic heterocycles. The number of ether oxygens (including phenoxy) is 1. The van der Waals surface area contributed by atoms with Crippen LogP contribution in [0.2, 0.25) is 5.02 Å². The Bertz CT molecular complexity index is 1040. The molecule has 0 heterocycles. The molecular weight excluding hydrogens is 436 g/mol. The Hall–Kier alpha value is -2.25. The highest BCUT2D eigenvalue weighted by Gasteiger charge is 2.30. The maximum atomic E-state index is 13.2. The number of sulfonamides is 1. The van der Waals surface area contributed by atoms with Gasteiger partial charge in [0.2, 0.25) is 0 Å². The van der Waals surface area contributed by atoms with E-state index in [1.165, 1.54) is 29.6 Å². The first-order valence-corrected chi connectivity index (χ1v) is 12.2. The van der Waals surface area contributed by atoms with E-state index in [1.54, 1.807) is 31.4 Å². The molecule has 2 aromatic carbocycles. The second-order valence-corrected chi connectivity index (χ2v) is 10.5. The SMILES string of the molecule is COc1ccc(N(C)S(=O)(=O)c2ccc(Cl)c(C(=O)NC3CCCC(C)C3C)c2)cc1. The van der Waals surface area contributed by atoms with Crippen molar-refractivity contribution in [1.82, 2.24) is 5.32 Å². The average molecular weight is 465 g/mol. The van der Waals surface area contributed by atoms with Gasteiger partial charge in [-0.3, -0.25) is 9.10 Å². The third-order valence-electron chi connectivity index (χ3n) is 6.30. The summed E-state index contributed by atoms with van der Waals surface area (Å²) in [6.07, 6.45) is 3.12. The molecule has 0 aromatic heterocycles. The molecule has 6 nitrogen and oxygen atoms in total. The molecule has 2 aromatic rings. The molecule has 31 heavy (non-hydrogen) atoms. The molecule has 0 spiro atoms. The Morgan fingerprint density at radius 2 is 1.81 bits per heavy atom. The number of carbonyl (C=O) groups excluding carboxylic acids is 1. The molecule has 8 heteroatoms. The molecule has 0 bridgehead atoms. The van der Waals surface area contributed by atoms with Crippen LogP contribution in [0, 0.1) is 11.8 Å². The van der Waals surface area contributed by atoms with Crippen LogP contribution in [-0.4, -0.2) is 34.5 Å². The number of anilines is 1. The van der Waals surface area contributed by atoms with Gasteiger partial charge in [0.05, 0.1) is 28.3 Å². The minimum atomic E-state index is -3.88. The summed E-state index contributed by atoms with van der Waals surface area (Å²) in [5.41, 5.74) is 0.642. The monoisotopic (exact) mass is 464 g/mol. The van der Waals surface area contributed by atoms with Crippen LogP contribution in [-0.2, 0) is 10.0 Å². The number of carbonyl (C=O) groups is 1. The first-order valence-electron chi connectivity index (χ1n) is 10.4. The summed E-state index contributed by atoms with van der Waals surface area (Å²) in [4.78, 5) is 13.0. The summed E-state index contributed by atoms with van der Waals surface area (Å²) in [6.45, 7) is 4.33. The lowest BCUT2D eigenvalue weighted by atomic mass is 9.78. The van der Waals surface area contributed by atoms with E-state index in [-0.39, 0.29) is 27.4 Å². The van der Waals surface area contributed by atoms with E-state index in [2.05, 4.69) is 19.2 Å². The highest BCUT2D eigenvalue weighted by molar-refractivity contribution is 7.92. The van der Waals surface area contributed by atoms with E-state index in [1.807, 2.05) is 0 Å². The van der Waals surface area contributed by atoms with Crippen LogP contribution in [0.3, 0.4) is 0 Å². The van der Waals surface area contributed by atoms with Gasteiger partial charge < -0.3 is 10.1 Å². The fraction of sp³-hybridized carbons (Fsp3) is 0.435. The van der Waals surface area contributed by atoms with Crippen molar-refractivity contribution in [2.75, 3.05) is 18.5 Å². The quantitative estimate of drug-likeness (QED) is 0.670. The van der Waals surface area contributed by atoms with Crippen LogP contribution >= 0.6 is 11.6 Å². The first kappa shape index (κ1) is 23.4. The molecule has 3 rings (SSSR count). The second-order valence-electron chi connectivity index (χ2n) is 8.16. The molecule has 168 valence electrons. The van der Waals surface area contributed by atoms with Gasteiger partial charge in [-0.15, -0.1) is 0 Å². The number of rotatable bonds is 6. The van der Waals surface area contributed by atoms with Gasteiger partial charge in [0.15, 0.2) is 0 Å². The first-order chi connectivity index (χ1) is 14.6. The number of halogens is 1. The topological polar surface area (TPSA) is 75.7 Å². The van der Waals surface area contributed by atoms with Crippen LogP contribution in [0.25, 0.3) is 0 Å². The second kappa shape index (κ2) is 9.49. The number of hydrogen-bond donors (Lipinski definition) is 1. The van der Waals surface area contributed by atoms with E-state index in [4.69, 9.17) is 16.3 Å². The lowest BCUT2D eigenvalue weighted by molar-refractivity contribution is 0.0891. The van der Waals surface area contributed by atoms with Crippen LogP contribution in [0.5, 0.6) is 5.75 Å². The Morgan fingerprint density at radius 1 is 1.13 bits per heavy atom. The molecule has 1 aliphatic carbocycles. The van der Waals surface area contributed by atoms with Gasteiger partial charge in [-0.05, 0) is 60.7 Å². The van der Waals surface area contributed by atoms with Crippen molar-refractivity contribution in [3.8, 4) is 5.75 Å². The van der Waals surface area contributed by atoms with Crippen LogP contribution < -0.4 is 14.4 Å². The van der Waals surface area contributed by atoms with Crippen LogP contribution in [0.1, 0.15) is 43.5 Å². The van der Waals surface area contributed by atoms with Crippen molar-refractivity contribution < 1.29 is 17.9 Å². The summed E-state index contributed by atoms with van der Waals surface area (Å²) < 4.78 is 32.6. The van der Waals surface area contributed by atoms with Gasteiger partial charge in [-0.2, -0.15) is 0 Å². The van der Waals surface area contributed by atoms with Crippen LogP contribution in [0.15, 0.2) is 47.4 Å². The number of methoxy groups -OCH3 is 1. The average Bonchev–Trinajstić information content (AvgIpc) is 2.76. The number of nitrogens with one attached hydrogen (secondary N) is 1. The molecule has 0 radical (unpaired) electrons. The fourth-order valence-corrected chi connectivity index (χ4v) is 5.39. The maximum absolute atomic E-state index is 13.2. The van der Waals surface area contributed by atoms with Crippen molar-refractivity contribution in [2.24, 2.45) is 11.8 Å². The minimum Gasteiger partial charge on any atom is -0.497 e. The Morgan fingerprint density at radius 3 is 2.45 bits per heavy atom. The van der Waals surface area contributed by atoms with Crippen LogP contribution in [0.4, 0.5) is 5.69 Å². The number of nitrogens with zero attached hydrogens (tertiary/aromatic N) is 1. The third kappa shape index (κ3) is 4.99. The predicted molar refractivity (Wildman–Crippen MR) is 123 cm³/mol. The molecule has 1 amide bonds. The van der Waals surface area contributed by atoms with Crippen molar-refractivity contribution in [3.63, 3.8) is 0 Å². The largest absolute Gasteiger partial charge is 0.497 e. The maximum Gasteiger partial charge on any atom is 0.264 e. The lowest BCUT2D eigenvalue weighted by Crippen LogP contribution is -2.43. The standard InChI is InChI=1S/C23H29ClN2O4S/c1-15-6-5-7-22(16(15)2)25-23(27)20-14-19(12-13-21(20)24)31(28,29)26(3)17-8-10-18(30-4)11-9-17/h8-16,22H,5-7H2,1-4H3,(H,25,27). The highest BCUT2D eigenvalue weighted by atomic mass is 35.5. The van der Waals surface area contributed by atoms with Crippen molar-refractivity contribution in [3.05, 3.63) is 53.1 Å².